The number of nitrogens with two attached hydrogens (primary N) is 1. The van der Waals surface area contributed by atoms with E-state index in [2.05, 4.69) is 32.2 Å². The van der Waals surface area contributed by atoms with Crippen LogP contribution >= 0.6 is 23.2 Å². The van der Waals surface area contributed by atoms with Gasteiger partial charge in [-0.15, -0.1) is 10.2 Å². The summed E-state index contributed by atoms with van der Waals surface area (Å²) in [6, 6.07) is 7.31. The number of halogens is 2. The second kappa shape index (κ2) is 8.21. The molecule has 0 atom stereocenters. The fourth-order valence-corrected chi connectivity index (χ4v) is 3.80. The van der Waals surface area contributed by atoms with Crippen LogP contribution < -0.4 is 26.4 Å². The van der Waals surface area contributed by atoms with Crippen LogP contribution in [0.25, 0.3) is 16.6 Å². The average molecular weight is 497 g/mol. The van der Waals surface area contributed by atoms with E-state index >= 15 is 0 Å². The van der Waals surface area contributed by atoms with Crippen molar-refractivity contribution in [1.82, 2.24) is 24.9 Å². The van der Waals surface area contributed by atoms with E-state index in [9.17, 15) is 9.59 Å². The zero-order chi connectivity index (χ0) is 24.0. The normalized spacial score (nSPS) is 13.7. The monoisotopic (exact) mass is 496 g/mol. The molecule has 0 fully saturated rings. The molecule has 0 saturated heterocycles. The van der Waals surface area contributed by atoms with Crippen molar-refractivity contribution in [3.05, 3.63) is 81.7 Å². The first-order valence-electron chi connectivity index (χ1n) is 9.63. The van der Waals surface area contributed by atoms with E-state index in [-0.39, 0.29) is 38.9 Å². The summed E-state index contributed by atoms with van der Waals surface area (Å²) in [6.45, 7) is 3.59. The van der Waals surface area contributed by atoms with Crippen molar-refractivity contribution < 1.29 is 9.53 Å². The predicted molar refractivity (Wildman–Crippen MR) is 127 cm³/mol. The summed E-state index contributed by atoms with van der Waals surface area (Å²) < 4.78 is 7.59. The molecule has 170 valence electrons. The molecule has 13 heteroatoms. The Bertz CT molecular complexity index is 1550. The van der Waals surface area contributed by atoms with Crippen LogP contribution in [0.5, 0.6) is 11.6 Å². The molecule has 0 saturated carbocycles. The highest BCUT2D eigenvalue weighted by Gasteiger charge is 2.25. The number of H-pyrrole nitrogens is 1. The first-order valence-corrected chi connectivity index (χ1v) is 10.4. The Hall–Kier alpha value is -4.35. The van der Waals surface area contributed by atoms with E-state index < -0.39 is 11.6 Å². The molecule has 3 aromatic heterocycles. The average Bonchev–Trinajstić information content (AvgIpc) is 3.27. The van der Waals surface area contributed by atoms with E-state index in [0.717, 1.165) is 10.5 Å². The number of carbonyl (C=O) groups is 1. The number of fused-ring (bicyclic) bond motifs is 1. The molecule has 4 heterocycles. The lowest BCUT2D eigenvalue weighted by molar-refractivity contribution is 0.248. The summed E-state index contributed by atoms with van der Waals surface area (Å²) in [6.07, 6.45) is 5.11. The van der Waals surface area contributed by atoms with Crippen LogP contribution in [0.3, 0.4) is 0 Å². The second-order valence-corrected chi connectivity index (χ2v) is 7.95. The van der Waals surface area contributed by atoms with E-state index in [1.54, 1.807) is 30.9 Å². The number of rotatable bonds is 4. The van der Waals surface area contributed by atoms with Gasteiger partial charge in [0.25, 0.3) is 5.56 Å². The third-order valence-electron chi connectivity index (χ3n) is 4.91. The van der Waals surface area contributed by atoms with Gasteiger partial charge in [-0.1, -0.05) is 29.8 Å². The van der Waals surface area contributed by atoms with Crippen molar-refractivity contribution in [3.63, 3.8) is 0 Å². The highest BCUT2D eigenvalue weighted by atomic mass is 35.5. The minimum atomic E-state index is -0.581. The van der Waals surface area contributed by atoms with Crippen LogP contribution in [0.2, 0.25) is 10.0 Å². The van der Waals surface area contributed by atoms with Gasteiger partial charge in [-0.05, 0) is 29.8 Å². The molecule has 0 unspecified atom stereocenters. The topological polar surface area (TPSA) is 143 Å². The number of hydrogen-bond acceptors (Lipinski definition) is 7. The van der Waals surface area contributed by atoms with Gasteiger partial charge >= 0.3 is 6.03 Å². The Morgan fingerprint density at radius 1 is 1.12 bits per heavy atom. The van der Waals surface area contributed by atoms with Gasteiger partial charge in [-0.3, -0.25) is 4.79 Å². The lowest BCUT2D eigenvalue weighted by Gasteiger charge is -2.24. The lowest BCUT2D eigenvalue weighted by Crippen LogP contribution is -2.45. The summed E-state index contributed by atoms with van der Waals surface area (Å²) in [5.41, 5.74) is 7.55. The SMILES string of the molecule is C=C1NC(=O)N(c2cc(Cl)c(Oc3cc(-c4ccn5cncc5c4)c(=O)[nH]n3)c(Cl)c2)N=C1N. The molecular weight excluding hydrogens is 483 g/mol. The van der Waals surface area contributed by atoms with Gasteiger partial charge in [-0.25, -0.2) is 14.9 Å². The number of ether oxygens (including phenoxy) is 1. The third-order valence-corrected chi connectivity index (χ3v) is 5.47. The number of nitrogens with zero attached hydrogens (tertiary/aromatic N) is 5. The lowest BCUT2D eigenvalue weighted by atomic mass is 10.1. The molecule has 0 radical (unpaired) electrons. The summed E-state index contributed by atoms with van der Waals surface area (Å²) in [5, 5.41) is 13.9. The number of aromatic nitrogens is 4. The Morgan fingerprint density at radius 2 is 1.88 bits per heavy atom. The van der Waals surface area contributed by atoms with Crippen LogP contribution in [0.15, 0.2) is 71.2 Å². The number of carbonyl (C=O) groups excluding carboxylic acids is 1. The Balaban J connectivity index is 1.48. The Labute approximate surface area is 201 Å². The van der Waals surface area contributed by atoms with Crippen LogP contribution in [-0.2, 0) is 0 Å². The number of urea groups is 1. The van der Waals surface area contributed by atoms with Crippen molar-refractivity contribution in [2.24, 2.45) is 10.8 Å². The molecule has 1 aliphatic heterocycles. The number of amides is 2. The molecule has 4 N–H and O–H groups in total. The van der Waals surface area contributed by atoms with E-state index in [4.69, 9.17) is 33.7 Å². The quantitative estimate of drug-likeness (QED) is 0.394. The first-order chi connectivity index (χ1) is 16.3. The molecule has 11 nitrogen and oxygen atoms in total. The summed E-state index contributed by atoms with van der Waals surface area (Å²) >= 11 is 12.8. The number of aromatic amines is 1. The van der Waals surface area contributed by atoms with Gasteiger partial charge in [0.05, 0.1) is 45.0 Å². The fourth-order valence-electron chi connectivity index (χ4n) is 3.25. The molecule has 5 rings (SSSR count). The van der Waals surface area contributed by atoms with Gasteiger partial charge in [0.1, 0.15) is 0 Å². The first kappa shape index (κ1) is 21.5. The molecule has 0 aliphatic carbocycles. The third kappa shape index (κ3) is 3.83. The van der Waals surface area contributed by atoms with Crippen LogP contribution in [-0.4, -0.2) is 31.4 Å². The minimum absolute atomic E-state index is 0.0336. The molecule has 34 heavy (non-hydrogen) atoms. The smallest absolute Gasteiger partial charge is 0.347 e. The van der Waals surface area contributed by atoms with Crippen molar-refractivity contribution in [2.45, 2.75) is 0 Å². The molecule has 0 bridgehead atoms. The van der Waals surface area contributed by atoms with E-state index in [1.165, 1.54) is 18.2 Å². The van der Waals surface area contributed by atoms with Crippen LogP contribution in [0.1, 0.15) is 0 Å². The van der Waals surface area contributed by atoms with E-state index in [1.807, 2.05) is 4.40 Å². The number of pyridine rings is 1. The molecule has 1 aromatic carbocycles. The standard InChI is InChI=1S/C21H14Cl2N8O3/c1-10-19(24)29-31(21(33)26-10)12-5-15(22)18(16(23)6-12)34-17-7-14(20(32)28-27-17)11-2-3-30-9-25-8-13(30)4-11/h2-9H,1H2,(H2,24,29)(H,26,33)(H,28,32). The number of hydrogen-bond donors (Lipinski definition) is 3. The van der Waals surface area contributed by atoms with Gasteiger partial charge in [0.2, 0.25) is 5.88 Å². The van der Waals surface area contributed by atoms with E-state index in [0.29, 0.717) is 11.1 Å². The zero-order valence-electron chi connectivity index (χ0n) is 17.1. The molecular formula is C21H14Cl2N8O3. The van der Waals surface area contributed by atoms with Gasteiger partial charge < -0.3 is 20.2 Å². The Kier molecular flexibility index (Phi) is 5.19. The number of imidazole rings is 1. The van der Waals surface area contributed by atoms with Crippen molar-refractivity contribution in [2.75, 3.05) is 5.01 Å². The highest BCUT2D eigenvalue weighted by molar-refractivity contribution is 6.37. The highest BCUT2D eigenvalue weighted by Crippen LogP contribution is 2.40. The maximum atomic E-state index is 12.4. The summed E-state index contributed by atoms with van der Waals surface area (Å²) in [7, 11) is 0. The summed E-state index contributed by atoms with van der Waals surface area (Å²) in [4.78, 5) is 28.7. The van der Waals surface area contributed by atoms with Gasteiger partial charge in [0.15, 0.2) is 11.6 Å². The summed E-state index contributed by atoms with van der Waals surface area (Å²) in [5.74, 6) is 0.155. The number of nitrogens with one attached hydrogen (secondary N) is 2. The molecule has 0 spiro atoms. The van der Waals surface area contributed by atoms with Crippen molar-refractivity contribution in [1.29, 1.82) is 0 Å². The van der Waals surface area contributed by atoms with Crippen molar-refractivity contribution >= 4 is 46.3 Å². The molecule has 2 amide bonds. The van der Waals surface area contributed by atoms with Gasteiger partial charge in [0, 0.05) is 12.3 Å². The largest absolute Gasteiger partial charge is 0.434 e. The second-order valence-electron chi connectivity index (χ2n) is 7.14. The number of amidine groups is 1. The van der Waals surface area contributed by atoms with Crippen LogP contribution in [0, 0.1) is 0 Å². The number of benzene rings is 1. The molecule has 1 aliphatic rings. The van der Waals surface area contributed by atoms with Gasteiger partial charge in [-0.2, -0.15) is 5.01 Å². The van der Waals surface area contributed by atoms with Crippen LogP contribution in [0.4, 0.5) is 10.5 Å². The Morgan fingerprint density at radius 3 is 2.65 bits per heavy atom. The maximum Gasteiger partial charge on any atom is 0.347 e. The maximum absolute atomic E-state index is 12.4. The minimum Gasteiger partial charge on any atom is -0.434 e. The van der Waals surface area contributed by atoms with Crippen molar-refractivity contribution in [3.8, 4) is 22.8 Å². The predicted octanol–water partition coefficient (Wildman–Crippen LogP) is 3.50. The fraction of sp³-hybridized carbons (Fsp3) is 0. The zero-order valence-corrected chi connectivity index (χ0v) is 18.6. The molecule has 4 aromatic rings. The number of anilines is 1. The number of hydrazone groups is 1.